The summed E-state index contributed by atoms with van der Waals surface area (Å²) in [4.78, 5) is 2.55. The monoisotopic (exact) mass is 184 g/mol. The Kier molecular flexibility index (Phi) is 3.74. The summed E-state index contributed by atoms with van der Waals surface area (Å²) in [5, 5.41) is 0. The molecule has 0 heterocycles. The zero-order valence-corrected chi connectivity index (χ0v) is 9.46. The maximum absolute atomic E-state index is 5.81. The van der Waals surface area contributed by atoms with Crippen LogP contribution in [-0.4, -0.2) is 29.6 Å². The summed E-state index contributed by atoms with van der Waals surface area (Å²) >= 11 is 0. The van der Waals surface area contributed by atoms with Crippen molar-refractivity contribution in [3.63, 3.8) is 0 Å². The largest absolute Gasteiger partial charge is 0.327 e. The van der Waals surface area contributed by atoms with Crippen molar-refractivity contribution in [1.82, 2.24) is 4.90 Å². The average molecular weight is 184 g/mol. The van der Waals surface area contributed by atoms with E-state index < -0.39 is 0 Å². The molecule has 13 heavy (non-hydrogen) atoms. The Balaban J connectivity index is 2.31. The van der Waals surface area contributed by atoms with E-state index in [9.17, 15) is 0 Å². The highest BCUT2D eigenvalue weighted by atomic mass is 15.2. The maximum Gasteiger partial charge on any atom is 0.00727 e. The zero-order chi connectivity index (χ0) is 10.0. The minimum absolute atomic E-state index is 0.508. The van der Waals surface area contributed by atoms with Crippen LogP contribution in [0.4, 0.5) is 0 Å². The van der Waals surface area contributed by atoms with E-state index in [-0.39, 0.29) is 0 Å². The predicted molar refractivity (Wildman–Crippen MR) is 57.7 cm³/mol. The lowest BCUT2D eigenvalue weighted by Gasteiger charge is -2.31. The van der Waals surface area contributed by atoms with Gasteiger partial charge in [0.25, 0.3) is 0 Å². The molecule has 1 aliphatic carbocycles. The molecule has 1 rings (SSSR count). The van der Waals surface area contributed by atoms with Gasteiger partial charge in [-0.3, -0.25) is 4.90 Å². The molecular weight excluding hydrogens is 160 g/mol. The molecule has 0 saturated heterocycles. The Labute approximate surface area is 82.5 Å². The Morgan fingerprint density at radius 1 is 1.38 bits per heavy atom. The van der Waals surface area contributed by atoms with Crippen LogP contribution >= 0.6 is 0 Å². The lowest BCUT2D eigenvalue weighted by molar-refractivity contribution is 0.160. The fourth-order valence-electron chi connectivity index (χ4n) is 2.30. The van der Waals surface area contributed by atoms with E-state index in [1.54, 1.807) is 0 Å². The quantitative estimate of drug-likeness (QED) is 0.706. The van der Waals surface area contributed by atoms with E-state index in [2.05, 4.69) is 32.6 Å². The van der Waals surface area contributed by atoms with Gasteiger partial charge in [-0.2, -0.15) is 0 Å². The molecule has 78 valence electrons. The molecule has 2 nitrogen and oxygen atoms in total. The molecule has 3 unspecified atom stereocenters. The Bertz CT molecular complexity index is 156. The van der Waals surface area contributed by atoms with Crippen LogP contribution in [-0.2, 0) is 0 Å². The molecule has 3 atom stereocenters. The van der Waals surface area contributed by atoms with Gasteiger partial charge in [0.2, 0.25) is 0 Å². The van der Waals surface area contributed by atoms with E-state index in [0.717, 1.165) is 12.5 Å². The van der Waals surface area contributed by atoms with Gasteiger partial charge in [0.1, 0.15) is 0 Å². The van der Waals surface area contributed by atoms with Crippen molar-refractivity contribution >= 4 is 0 Å². The molecule has 0 spiro atoms. The van der Waals surface area contributed by atoms with Crippen molar-refractivity contribution in [2.45, 2.75) is 58.7 Å². The summed E-state index contributed by atoms with van der Waals surface area (Å²) < 4.78 is 0. The van der Waals surface area contributed by atoms with Gasteiger partial charge in [-0.25, -0.2) is 0 Å². The van der Waals surface area contributed by atoms with Crippen LogP contribution in [0.25, 0.3) is 0 Å². The summed E-state index contributed by atoms with van der Waals surface area (Å²) in [6.45, 7) is 10.3. The molecule has 1 aliphatic rings. The van der Waals surface area contributed by atoms with E-state index in [1.165, 1.54) is 12.8 Å². The van der Waals surface area contributed by atoms with E-state index >= 15 is 0 Å². The smallest absolute Gasteiger partial charge is 0.00727 e. The van der Waals surface area contributed by atoms with Gasteiger partial charge in [-0.1, -0.05) is 6.92 Å². The molecule has 0 aromatic carbocycles. The molecule has 0 aromatic heterocycles. The third-order valence-electron chi connectivity index (χ3n) is 3.22. The molecule has 0 amide bonds. The van der Waals surface area contributed by atoms with Crippen LogP contribution in [0.15, 0.2) is 0 Å². The van der Waals surface area contributed by atoms with Crippen LogP contribution in [0.2, 0.25) is 0 Å². The molecule has 2 N–H and O–H groups in total. The first-order chi connectivity index (χ1) is 6.06. The minimum atomic E-state index is 0.508. The SMILES string of the molecule is CCN(C(C)C)C(C)CC1CC1N. The van der Waals surface area contributed by atoms with Gasteiger partial charge >= 0.3 is 0 Å². The third-order valence-corrected chi connectivity index (χ3v) is 3.22. The first-order valence-electron chi connectivity index (χ1n) is 5.57. The van der Waals surface area contributed by atoms with Gasteiger partial charge in [0.15, 0.2) is 0 Å². The molecule has 0 bridgehead atoms. The van der Waals surface area contributed by atoms with E-state index in [1.807, 2.05) is 0 Å². The maximum atomic E-state index is 5.81. The Hall–Kier alpha value is -0.0800. The summed E-state index contributed by atoms with van der Waals surface area (Å²) in [6, 6.07) is 1.87. The Morgan fingerprint density at radius 2 is 1.92 bits per heavy atom. The lowest BCUT2D eigenvalue weighted by Crippen LogP contribution is -2.39. The molecule has 2 heteroatoms. The van der Waals surface area contributed by atoms with Gasteiger partial charge in [0.05, 0.1) is 0 Å². The number of nitrogens with zero attached hydrogens (tertiary/aromatic N) is 1. The van der Waals surface area contributed by atoms with Gasteiger partial charge in [-0.05, 0) is 46.1 Å². The van der Waals surface area contributed by atoms with Gasteiger partial charge < -0.3 is 5.73 Å². The van der Waals surface area contributed by atoms with Crippen molar-refractivity contribution in [3.05, 3.63) is 0 Å². The zero-order valence-electron chi connectivity index (χ0n) is 9.46. The summed E-state index contributed by atoms with van der Waals surface area (Å²) in [5.41, 5.74) is 5.81. The fraction of sp³-hybridized carbons (Fsp3) is 1.00. The van der Waals surface area contributed by atoms with Crippen LogP contribution in [0.1, 0.15) is 40.5 Å². The topological polar surface area (TPSA) is 29.3 Å². The highest BCUT2D eigenvalue weighted by Gasteiger charge is 2.35. The van der Waals surface area contributed by atoms with E-state index in [0.29, 0.717) is 18.1 Å². The highest BCUT2D eigenvalue weighted by molar-refractivity contribution is 4.92. The molecule has 0 aliphatic heterocycles. The summed E-state index contributed by atoms with van der Waals surface area (Å²) in [6.07, 6.45) is 2.53. The molecule has 1 fully saturated rings. The van der Waals surface area contributed by atoms with Gasteiger partial charge in [-0.15, -0.1) is 0 Å². The predicted octanol–water partition coefficient (Wildman–Crippen LogP) is 1.84. The van der Waals surface area contributed by atoms with Crippen molar-refractivity contribution in [2.75, 3.05) is 6.54 Å². The third kappa shape index (κ3) is 2.96. The minimum Gasteiger partial charge on any atom is -0.327 e. The second-order valence-electron chi connectivity index (χ2n) is 4.67. The van der Waals surface area contributed by atoms with Crippen LogP contribution in [0.3, 0.4) is 0 Å². The first kappa shape index (κ1) is 11.0. The summed E-state index contributed by atoms with van der Waals surface area (Å²) in [5.74, 6) is 0.808. The standard InChI is InChI=1S/C11H24N2/c1-5-13(8(2)3)9(4)6-10-7-11(10)12/h8-11H,5-7,12H2,1-4H3. The first-order valence-corrected chi connectivity index (χ1v) is 5.57. The highest BCUT2D eigenvalue weighted by Crippen LogP contribution is 2.33. The molecule has 0 aromatic rings. The number of hydrogen-bond acceptors (Lipinski definition) is 2. The number of hydrogen-bond donors (Lipinski definition) is 1. The van der Waals surface area contributed by atoms with Crippen molar-refractivity contribution in [2.24, 2.45) is 11.7 Å². The fourth-order valence-corrected chi connectivity index (χ4v) is 2.30. The van der Waals surface area contributed by atoms with Gasteiger partial charge in [0, 0.05) is 18.1 Å². The second-order valence-corrected chi connectivity index (χ2v) is 4.67. The van der Waals surface area contributed by atoms with Crippen LogP contribution in [0, 0.1) is 5.92 Å². The van der Waals surface area contributed by atoms with Crippen molar-refractivity contribution in [3.8, 4) is 0 Å². The lowest BCUT2D eigenvalue weighted by atomic mass is 10.1. The molecule has 0 radical (unpaired) electrons. The normalized spacial score (nSPS) is 29.8. The Morgan fingerprint density at radius 3 is 2.23 bits per heavy atom. The van der Waals surface area contributed by atoms with Crippen LogP contribution in [0.5, 0.6) is 0 Å². The average Bonchev–Trinajstić information content (AvgIpc) is 2.66. The second kappa shape index (κ2) is 4.43. The molecular formula is C11H24N2. The van der Waals surface area contributed by atoms with Crippen molar-refractivity contribution < 1.29 is 0 Å². The van der Waals surface area contributed by atoms with Crippen molar-refractivity contribution in [1.29, 1.82) is 0 Å². The molecule has 1 saturated carbocycles. The summed E-state index contributed by atoms with van der Waals surface area (Å²) in [7, 11) is 0. The number of rotatable bonds is 5. The van der Waals surface area contributed by atoms with Crippen LogP contribution < -0.4 is 5.73 Å². The number of nitrogens with two attached hydrogens (primary N) is 1. The van der Waals surface area contributed by atoms with E-state index in [4.69, 9.17) is 5.73 Å².